The summed E-state index contributed by atoms with van der Waals surface area (Å²) >= 11 is 9.48. The molecule has 1 aromatic carbocycles. The fraction of sp³-hybridized carbons (Fsp3) is 0.214. The van der Waals surface area contributed by atoms with Crippen molar-refractivity contribution >= 4 is 27.5 Å². The summed E-state index contributed by atoms with van der Waals surface area (Å²) < 4.78 is 0.962. The van der Waals surface area contributed by atoms with Crippen LogP contribution in [-0.2, 0) is 6.42 Å². The predicted molar refractivity (Wildman–Crippen MR) is 81.9 cm³/mol. The van der Waals surface area contributed by atoms with Crippen molar-refractivity contribution in [2.24, 2.45) is 5.84 Å². The summed E-state index contributed by atoms with van der Waals surface area (Å²) in [6.07, 6.45) is 4.36. The Morgan fingerprint density at radius 2 is 2.16 bits per heavy atom. The van der Waals surface area contributed by atoms with E-state index in [1.54, 1.807) is 6.20 Å². The molecule has 0 aliphatic heterocycles. The van der Waals surface area contributed by atoms with Gasteiger partial charge in [-0.15, -0.1) is 0 Å². The second-order valence-corrected chi connectivity index (χ2v) is 5.79. The molecule has 2 rings (SSSR count). The van der Waals surface area contributed by atoms with Gasteiger partial charge in [0.2, 0.25) is 0 Å². The lowest BCUT2D eigenvalue weighted by Crippen LogP contribution is -2.30. The van der Waals surface area contributed by atoms with Gasteiger partial charge in [0.05, 0.1) is 6.04 Å². The van der Waals surface area contributed by atoms with Gasteiger partial charge >= 0.3 is 0 Å². The molecule has 100 valence electrons. The van der Waals surface area contributed by atoms with Gasteiger partial charge in [-0.05, 0) is 64.2 Å². The van der Waals surface area contributed by atoms with E-state index in [-0.39, 0.29) is 6.04 Å². The van der Waals surface area contributed by atoms with Crippen LogP contribution in [0, 0.1) is 6.92 Å². The monoisotopic (exact) mass is 339 g/mol. The van der Waals surface area contributed by atoms with Crippen LogP contribution < -0.4 is 11.3 Å². The maximum absolute atomic E-state index is 6.06. The van der Waals surface area contributed by atoms with Crippen molar-refractivity contribution in [3.05, 3.63) is 62.8 Å². The Kier molecular flexibility index (Phi) is 4.93. The van der Waals surface area contributed by atoms with E-state index in [0.29, 0.717) is 5.02 Å². The van der Waals surface area contributed by atoms with Crippen LogP contribution in [0.4, 0.5) is 0 Å². The average molecular weight is 341 g/mol. The van der Waals surface area contributed by atoms with Crippen LogP contribution in [0.15, 0.2) is 41.1 Å². The van der Waals surface area contributed by atoms with E-state index >= 15 is 0 Å². The largest absolute Gasteiger partial charge is 0.271 e. The Hall–Kier alpha value is -0.940. The van der Waals surface area contributed by atoms with E-state index in [1.807, 2.05) is 30.5 Å². The highest BCUT2D eigenvalue weighted by Crippen LogP contribution is 2.25. The molecular formula is C14H15BrClN3. The van der Waals surface area contributed by atoms with Crippen molar-refractivity contribution in [3.63, 3.8) is 0 Å². The second kappa shape index (κ2) is 6.48. The zero-order valence-electron chi connectivity index (χ0n) is 10.5. The van der Waals surface area contributed by atoms with Crippen molar-refractivity contribution in [1.29, 1.82) is 0 Å². The van der Waals surface area contributed by atoms with Gasteiger partial charge in [0, 0.05) is 21.9 Å². The number of aromatic nitrogens is 1. The molecule has 19 heavy (non-hydrogen) atoms. The number of benzene rings is 1. The van der Waals surface area contributed by atoms with Gasteiger partial charge in [0.15, 0.2) is 0 Å². The second-order valence-electron chi connectivity index (χ2n) is 4.44. The number of hydrogen-bond acceptors (Lipinski definition) is 3. The molecule has 0 saturated heterocycles. The third kappa shape index (κ3) is 3.76. The number of hydrazine groups is 1. The Bertz CT molecular complexity index is 574. The topological polar surface area (TPSA) is 50.9 Å². The number of hydrogen-bond donors (Lipinski definition) is 2. The summed E-state index contributed by atoms with van der Waals surface area (Å²) in [7, 11) is 0. The van der Waals surface area contributed by atoms with Gasteiger partial charge < -0.3 is 0 Å². The Labute approximate surface area is 126 Å². The summed E-state index contributed by atoms with van der Waals surface area (Å²) in [6.45, 7) is 2.05. The fourth-order valence-electron chi connectivity index (χ4n) is 2.05. The lowest BCUT2D eigenvalue weighted by molar-refractivity contribution is 0.548. The number of halogens is 2. The molecule has 1 atom stereocenters. The number of nitrogens with two attached hydrogens (primary N) is 1. The molecular weight excluding hydrogens is 326 g/mol. The van der Waals surface area contributed by atoms with Crippen molar-refractivity contribution in [2.45, 2.75) is 19.4 Å². The fourth-order valence-corrected chi connectivity index (χ4v) is 2.64. The van der Waals surface area contributed by atoms with E-state index < -0.39 is 0 Å². The molecule has 0 bridgehead atoms. The summed E-state index contributed by atoms with van der Waals surface area (Å²) in [4.78, 5) is 4.16. The van der Waals surface area contributed by atoms with Gasteiger partial charge in [-0.1, -0.05) is 17.7 Å². The lowest BCUT2D eigenvalue weighted by Gasteiger charge is -2.19. The first-order valence-corrected chi connectivity index (χ1v) is 7.09. The summed E-state index contributed by atoms with van der Waals surface area (Å²) in [6, 6.07) is 7.88. The molecule has 5 heteroatoms. The normalized spacial score (nSPS) is 12.4. The molecule has 0 saturated carbocycles. The number of rotatable bonds is 4. The van der Waals surface area contributed by atoms with Gasteiger partial charge in [0.1, 0.15) is 0 Å². The van der Waals surface area contributed by atoms with Gasteiger partial charge in [-0.2, -0.15) is 0 Å². The molecule has 0 amide bonds. The molecule has 0 aliphatic carbocycles. The van der Waals surface area contributed by atoms with Crippen LogP contribution >= 0.6 is 27.5 Å². The smallest absolute Gasteiger partial charge is 0.0504 e. The van der Waals surface area contributed by atoms with Crippen LogP contribution in [0.5, 0.6) is 0 Å². The van der Waals surface area contributed by atoms with E-state index in [9.17, 15) is 0 Å². The van der Waals surface area contributed by atoms with Crippen LogP contribution in [0.25, 0.3) is 0 Å². The van der Waals surface area contributed by atoms with Crippen molar-refractivity contribution in [2.75, 3.05) is 0 Å². The minimum Gasteiger partial charge on any atom is -0.271 e. The molecule has 0 aliphatic rings. The Balaban J connectivity index is 2.27. The molecule has 1 unspecified atom stereocenters. The third-order valence-corrected chi connectivity index (χ3v) is 3.69. The standard InChI is InChI=1S/C14H15BrClN3/c1-9-2-3-12(16)6-13(9)14(19-17)5-10-4-11(15)8-18-7-10/h2-4,6-8,14,19H,5,17H2,1H3. The third-order valence-electron chi connectivity index (χ3n) is 3.02. The average Bonchev–Trinajstić information content (AvgIpc) is 2.39. The SMILES string of the molecule is Cc1ccc(Cl)cc1C(Cc1cncc(Br)c1)NN. The Morgan fingerprint density at radius 1 is 1.37 bits per heavy atom. The molecule has 1 heterocycles. The maximum atomic E-state index is 6.06. The summed E-state index contributed by atoms with van der Waals surface area (Å²) in [5, 5.41) is 0.716. The van der Waals surface area contributed by atoms with Crippen molar-refractivity contribution in [1.82, 2.24) is 10.4 Å². The van der Waals surface area contributed by atoms with Gasteiger partial charge in [-0.25, -0.2) is 0 Å². The number of nitrogens with zero attached hydrogens (tertiary/aromatic N) is 1. The first kappa shape index (κ1) is 14.5. The van der Waals surface area contributed by atoms with Gasteiger partial charge in [0.25, 0.3) is 0 Å². The van der Waals surface area contributed by atoms with Crippen molar-refractivity contribution in [3.8, 4) is 0 Å². The van der Waals surface area contributed by atoms with Crippen LogP contribution in [0.3, 0.4) is 0 Å². The van der Waals surface area contributed by atoms with E-state index in [0.717, 1.165) is 27.6 Å². The maximum Gasteiger partial charge on any atom is 0.0504 e. The summed E-state index contributed by atoms with van der Waals surface area (Å²) in [5.41, 5.74) is 6.23. The van der Waals surface area contributed by atoms with Crippen LogP contribution in [0.1, 0.15) is 22.7 Å². The number of nitrogens with one attached hydrogen (secondary N) is 1. The minimum atomic E-state index is 0.00907. The summed E-state index contributed by atoms with van der Waals surface area (Å²) in [5.74, 6) is 5.68. The molecule has 3 N–H and O–H groups in total. The lowest BCUT2D eigenvalue weighted by atomic mass is 9.96. The highest BCUT2D eigenvalue weighted by molar-refractivity contribution is 9.10. The minimum absolute atomic E-state index is 0.00907. The van der Waals surface area contributed by atoms with E-state index in [1.165, 1.54) is 0 Å². The number of pyridine rings is 1. The predicted octanol–water partition coefficient (Wildman–Crippen LogP) is 3.55. The van der Waals surface area contributed by atoms with E-state index in [2.05, 4.69) is 33.3 Å². The molecule has 0 spiro atoms. The van der Waals surface area contributed by atoms with E-state index in [4.69, 9.17) is 17.4 Å². The molecule has 2 aromatic rings. The van der Waals surface area contributed by atoms with Crippen LogP contribution in [0.2, 0.25) is 5.02 Å². The highest BCUT2D eigenvalue weighted by Gasteiger charge is 2.14. The quantitative estimate of drug-likeness (QED) is 0.661. The highest BCUT2D eigenvalue weighted by atomic mass is 79.9. The Morgan fingerprint density at radius 3 is 2.84 bits per heavy atom. The zero-order chi connectivity index (χ0) is 13.8. The molecule has 0 radical (unpaired) electrons. The zero-order valence-corrected chi connectivity index (χ0v) is 12.9. The van der Waals surface area contributed by atoms with Crippen molar-refractivity contribution < 1.29 is 0 Å². The van der Waals surface area contributed by atoms with Crippen LogP contribution in [-0.4, -0.2) is 4.98 Å². The molecule has 3 nitrogen and oxygen atoms in total. The first-order chi connectivity index (χ1) is 9.10. The molecule has 1 aromatic heterocycles. The molecule has 0 fully saturated rings. The van der Waals surface area contributed by atoms with Gasteiger partial charge in [-0.3, -0.25) is 16.3 Å². The number of aryl methyl sites for hydroxylation is 1. The first-order valence-electron chi connectivity index (χ1n) is 5.91.